The van der Waals surface area contributed by atoms with Gasteiger partial charge in [0, 0.05) is 32.7 Å². The molecule has 1 aromatic rings. The summed E-state index contributed by atoms with van der Waals surface area (Å²) in [6, 6.07) is 9.29. The Bertz CT molecular complexity index is 829. The van der Waals surface area contributed by atoms with Gasteiger partial charge in [0.05, 0.1) is 6.04 Å². The summed E-state index contributed by atoms with van der Waals surface area (Å²) in [5.74, 6) is 0.491. The minimum atomic E-state index is -0.770. The van der Waals surface area contributed by atoms with E-state index in [1.807, 2.05) is 4.90 Å². The summed E-state index contributed by atoms with van der Waals surface area (Å²) in [5, 5.41) is 12.1. The number of hydrogen-bond donors (Lipinski definition) is 2. The molecular weight excluding hydrogens is 380 g/mol. The van der Waals surface area contributed by atoms with Crippen LogP contribution in [-0.4, -0.2) is 71.2 Å². The lowest BCUT2D eigenvalue weighted by Crippen LogP contribution is -2.54. The second-order valence-corrected chi connectivity index (χ2v) is 9.72. The van der Waals surface area contributed by atoms with Crippen molar-refractivity contribution >= 4 is 12.1 Å². The van der Waals surface area contributed by atoms with Crippen LogP contribution in [0.4, 0.5) is 9.59 Å². The second-order valence-electron chi connectivity index (χ2n) is 9.72. The molecule has 1 aliphatic carbocycles. The van der Waals surface area contributed by atoms with Crippen molar-refractivity contribution in [2.45, 2.75) is 50.7 Å². The highest BCUT2D eigenvalue weighted by Crippen LogP contribution is 2.51. The largest absolute Gasteiger partial charge is 0.465 e. The molecule has 1 atom stereocenters. The number of carboxylic acid groups (broad SMARTS) is 1. The lowest BCUT2D eigenvalue weighted by molar-refractivity contribution is -0.0149. The molecule has 2 N–H and O–H groups in total. The molecule has 5 rings (SSSR count). The van der Waals surface area contributed by atoms with Gasteiger partial charge >= 0.3 is 12.1 Å². The van der Waals surface area contributed by atoms with Crippen molar-refractivity contribution in [3.8, 4) is 0 Å². The van der Waals surface area contributed by atoms with Gasteiger partial charge < -0.3 is 25.1 Å². The van der Waals surface area contributed by atoms with Crippen molar-refractivity contribution in [3.63, 3.8) is 0 Å². The molecule has 1 unspecified atom stereocenters. The number of nitrogens with one attached hydrogen (secondary N) is 1. The summed E-state index contributed by atoms with van der Waals surface area (Å²) in [4.78, 5) is 30.0. The van der Waals surface area contributed by atoms with Gasteiger partial charge in [0.1, 0.15) is 0 Å². The van der Waals surface area contributed by atoms with E-state index in [-0.39, 0.29) is 17.5 Å². The zero-order valence-corrected chi connectivity index (χ0v) is 17.7. The van der Waals surface area contributed by atoms with Crippen molar-refractivity contribution in [2.75, 3.05) is 33.2 Å². The molecule has 2 saturated heterocycles. The monoisotopic (exact) mass is 412 g/mol. The molecule has 3 aliphatic heterocycles. The molecule has 3 heterocycles. The molecule has 3 amide bonds. The van der Waals surface area contributed by atoms with Gasteiger partial charge in [0.15, 0.2) is 0 Å². The highest BCUT2D eigenvalue weighted by atomic mass is 16.4. The molecule has 1 saturated carbocycles. The number of urea groups is 1. The van der Waals surface area contributed by atoms with Gasteiger partial charge in [-0.3, -0.25) is 0 Å². The van der Waals surface area contributed by atoms with Crippen LogP contribution in [0.15, 0.2) is 24.3 Å². The first kappa shape index (κ1) is 19.7. The smallest absolute Gasteiger partial charge is 0.407 e. The molecule has 7 heteroatoms. The van der Waals surface area contributed by atoms with Crippen LogP contribution in [0.1, 0.15) is 49.3 Å². The Morgan fingerprint density at radius 3 is 2.53 bits per heavy atom. The van der Waals surface area contributed by atoms with Gasteiger partial charge in [0.25, 0.3) is 0 Å². The Labute approximate surface area is 178 Å². The first-order chi connectivity index (χ1) is 14.5. The van der Waals surface area contributed by atoms with Gasteiger partial charge in [-0.05, 0) is 67.7 Å². The fourth-order valence-corrected chi connectivity index (χ4v) is 6.50. The topological polar surface area (TPSA) is 76.1 Å². The fraction of sp³-hybridized carbons (Fsp3) is 0.652. The minimum absolute atomic E-state index is 0.0174. The van der Waals surface area contributed by atoms with Crippen molar-refractivity contribution < 1.29 is 14.7 Å². The molecular formula is C23H32N4O3. The minimum Gasteiger partial charge on any atom is -0.465 e. The number of nitrogens with zero attached hydrogens (tertiary/aromatic N) is 3. The summed E-state index contributed by atoms with van der Waals surface area (Å²) < 4.78 is 0. The summed E-state index contributed by atoms with van der Waals surface area (Å²) in [5.41, 5.74) is 2.83. The molecule has 0 bridgehead atoms. The normalized spacial score (nSPS) is 31.6. The van der Waals surface area contributed by atoms with E-state index in [1.165, 1.54) is 11.1 Å². The third-order valence-electron chi connectivity index (χ3n) is 8.11. The van der Waals surface area contributed by atoms with Crippen LogP contribution in [0.3, 0.4) is 0 Å². The van der Waals surface area contributed by atoms with E-state index in [4.69, 9.17) is 0 Å². The molecule has 1 spiro atoms. The van der Waals surface area contributed by atoms with Crippen LogP contribution in [0, 0.1) is 11.3 Å². The number of likely N-dealkylation sites (tertiary alicyclic amines) is 2. The van der Waals surface area contributed by atoms with E-state index in [9.17, 15) is 14.7 Å². The maximum absolute atomic E-state index is 12.5. The summed E-state index contributed by atoms with van der Waals surface area (Å²) >= 11 is 0. The molecule has 0 radical (unpaired) electrons. The Morgan fingerprint density at radius 1 is 1.13 bits per heavy atom. The molecule has 0 aromatic heterocycles. The quantitative estimate of drug-likeness (QED) is 0.783. The average molecular weight is 413 g/mol. The molecule has 4 aliphatic rings. The maximum atomic E-state index is 12.5. The summed E-state index contributed by atoms with van der Waals surface area (Å²) in [7, 11) is 1.71. The van der Waals surface area contributed by atoms with Crippen LogP contribution >= 0.6 is 0 Å². The first-order valence-corrected chi connectivity index (χ1v) is 11.3. The van der Waals surface area contributed by atoms with Crippen LogP contribution in [-0.2, 0) is 6.54 Å². The predicted molar refractivity (Wildman–Crippen MR) is 113 cm³/mol. The number of benzene rings is 1. The van der Waals surface area contributed by atoms with E-state index >= 15 is 0 Å². The number of fused-ring (bicyclic) bond motifs is 1. The maximum Gasteiger partial charge on any atom is 0.407 e. The third kappa shape index (κ3) is 3.23. The lowest BCUT2D eigenvalue weighted by Gasteiger charge is -2.52. The number of carbonyl (C=O) groups is 2. The van der Waals surface area contributed by atoms with Gasteiger partial charge in [0.2, 0.25) is 0 Å². The molecule has 1 aromatic carbocycles. The predicted octanol–water partition coefficient (Wildman–Crippen LogP) is 3.13. The standard InChI is InChI=1S/C23H32N4O3/c1-24-21(28)27-14-17-4-2-3-5-19(17)20(27)16-6-9-25(10-7-16)18-12-23(13-18)8-11-26(15-23)22(29)30/h2-5,16,18,20H,6-15H2,1H3,(H,24,28)(H,29,30). The fourth-order valence-electron chi connectivity index (χ4n) is 6.50. The first-order valence-electron chi connectivity index (χ1n) is 11.3. The van der Waals surface area contributed by atoms with E-state index in [0.29, 0.717) is 25.0 Å². The zero-order valence-electron chi connectivity index (χ0n) is 17.7. The summed E-state index contributed by atoms with van der Waals surface area (Å²) in [6.07, 6.45) is 4.74. The van der Waals surface area contributed by atoms with Crippen LogP contribution in [0.2, 0.25) is 0 Å². The van der Waals surface area contributed by atoms with E-state index in [0.717, 1.165) is 51.7 Å². The summed E-state index contributed by atoms with van der Waals surface area (Å²) in [6.45, 7) is 4.27. The van der Waals surface area contributed by atoms with E-state index in [2.05, 4.69) is 34.5 Å². The van der Waals surface area contributed by atoms with Gasteiger partial charge in [-0.25, -0.2) is 9.59 Å². The number of hydrogen-bond acceptors (Lipinski definition) is 3. The Balaban J connectivity index is 1.20. The molecule has 7 nitrogen and oxygen atoms in total. The number of amides is 3. The van der Waals surface area contributed by atoms with Crippen LogP contribution in [0.25, 0.3) is 0 Å². The van der Waals surface area contributed by atoms with Crippen molar-refractivity contribution in [3.05, 3.63) is 35.4 Å². The Morgan fingerprint density at radius 2 is 1.87 bits per heavy atom. The Hall–Kier alpha value is -2.28. The number of piperidine rings is 1. The van der Waals surface area contributed by atoms with Gasteiger partial charge in [-0.2, -0.15) is 0 Å². The van der Waals surface area contributed by atoms with Gasteiger partial charge in [-0.15, -0.1) is 0 Å². The van der Waals surface area contributed by atoms with Crippen molar-refractivity contribution in [1.29, 1.82) is 0 Å². The lowest BCUT2D eigenvalue weighted by atomic mass is 9.64. The average Bonchev–Trinajstić information content (AvgIpc) is 3.35. The van der Waals surface area contributed by atoms with E-state index in [1.54, 1.807) is 11.9 Å². The zero-order chi connectivity index (χ0) is 20.9. The Kier molecular flexibility index (Phi) is 4.88. The van der Waals surface area contributed by atoms with Gasteiger partial charge in [-0.1, -0.05) is 24.3 Å². The highest BCUT2D eigenvalue weighted by Gasteiger charge is 2.51. The van der Waals surface area contributed by atoms with Crippen LogP contribution < -0.4 is 5.32 Å². The van der Waals surface area contributed by atoms with Crippen molar-refractivity contribution in [1.82, 2.24) is 20.0 Å². The van der Waals surface area contributed by atoms with E-state index < -0.39 is 6.09 Å². The number of rotatable bonds is 2. The SMILES string of the molecule is CNC(=O)N1Cc2ccccc2C1C1CCN(C2CC3(CCN(C(=O)O)C3)C2)CC1. The highest BCUT2D eigenvalue weighted by molar-refractivity contribution is 5.75. The van der Waals surface area contributed by atoms with Crippen molar-refractivity contribution in [2.24, 2.45) is 11.3 Å². The molecule has 162 valence electrons. The molecule has 30 heavy (non-hydrogen) atoms. The van der Waals surface area contributed by atoms with Crippen LogP contribution in [0.5, 0.6) is 0 Å². The third-order valence-corrected chi connectivity index (χ3v) is 8.11. The molecule has 3 fully saturated rings. The number of carbonyl (C=O) groups excluding carboxylic acids is 1. The second kappa shape index (κ2) is 7.45.